The molecule has 0 aliphatic carbocycles. The summed E-state index contributed by atoms with van der Waals surface area (Å²) in [6, 6.07) is 12.9. The van der Waals surface area contributed by atoms with Gasteiger partial charge in [0.2, 0.25) is 0 Å². The Kier molecular flexibility index (Phi) is 9.06. The molecular weight excluding hydrogens is 408 g/mol. The number of carbonyl (C=O) groups excluding carboxylic acids is 1. The molecule has 2 amide bonds. The van der Waals surface area contributed by atoms with Gasteiger partial charge < -0.3 is 10.6 Å². The second kappa shape index (κ2) is 11.3. The number of hydrogen-bond acceptors (Lipinski definition) is 2. The summed E-state index contributed by atoms with van der Waals surface area (Å²) in [4.78, 5) is 15.7. The van der Waals surface area contributed by atoms with Gasteiger partial charge in [0, 0.05) is 31.6 Å². The number of nitrogens with zero attached hydrogens (tertiary/aromatic N) is 2. The van der Waals surface area contributed by atoms with Crippen LogP contribution in [-0.2, 0) is 0 Å². The lowest BCUT2D eigenvalue weighted by atomic mass is 9.87. The number of carbonyl (C=O) groups is 1. The summed E-state index contributed by atoms with van der Waals surface area (Å²) in [5.74, 6) is -0.431. The third-order valence-corrected chi connectivity index (χ3v) is 5.83. The molecule has 1 fully saturated rings. The first-order valence-electron chi connectivity index (χ1n) is 10.3. The summed E-state index contributed by atoms with van der Waals surface area (Å²) in [6.07, 6.45) is 2.71. The lowest BCUT2D eigenvalue weighted by Crippen LogP contribution is -2.56. The number of amides is 2. The molecule has 1 aliphatic rings. The Morgan fingerprint density at radius 3 is 2.03 bits per heavy atom. The highest BCUT2D eigenvalue weighted by Crippen LogP contribution is 2.30. The molecule has 164 valence electrons. The van der Waals surface area contributed by atoms with Gasteiger partial charge in [0.25, 0.3) is 0 Å². The van der Waals surface area contributed by atoms with Gasteiger partial charge in [-0.3, -0.25) is 4.90 Å². The lowest BCUT2D eigenvalue weighted by molar-refractivity contribution is 0.0950. The normalized spacial score (nSPS) is 17.1. The number of piperazine rings is 1. The van der Waals surface area contributed by atoms with Crippen molar-refractivity contribution in [2.45, 2.75) is 38.1 Å². The van der Waals surface area contributed by atoms with E-state index in [1.807, 2.05) is 24.3 Å². The minimum atomic E-state index is -0.343. The Morgan fingerprint density at radius 2 is 1.57 bits per heavy atom. The van der Waals surface area contributed by atoms with Crippen LogP contribution in [0.2, 0.25) is 0 Å². The van der Waals surface area contributed by atoms with Crippen molar-refractivity contribution >= 4 is 18.4 Å². The zero-order valence-electron chi connectivity index (χ0n) is 17.3. The molecule has 0 radical (unpaired) electrons. The molecule has 1 heterocycles. The molecule has 1 aliphatic heterocycles. The van der Waals surface area contributed by atoms with Gasteiger partial charge in [-0.2, -0.15) is 0 Å². The Balaban J connectivity index is 0.00000320. The second-order valence-corrected chi connectivity index (χ2v) is 7.69. The van der Waals surface area contributed by atoms with Crippen LogP contribution in [-0.4, -0.2) is 48.1 Å². The van der Waals surface area contributed by atoms with E-state index in [-0.39, 0.29) is 42.0 Å². The number of benzene rings is 2. The van der Waals surface area contributed by atoms with Crippen LogP contribution in [0.1, 0.15) is 43.2 Å². The van der Waals surface area contributed by atoms with Crippen molar-refractivity contribution in [3.05, 3.63) is 71.3 Å². The third-order valence-electron chi connectivity index (χ3n) is 5.83. The molecular formula is C23H30ClF2N3O. The van der Waals surface area contributed by atoms with Crippen LogP contribution >= 0.6 is 12.4 Å². The van der Waals surface area contributed by atoms with Crippen LogP contribution in [0.25, 0.3) is 0 Å². The second-order valence-electron chi connectivity index (χ2n) is 7.69. The predicted octanol–water partition coefficient (Wildman–Crippen LogP) is 4.77. The Hall–Kier alpha value is -2.18. The SMILES string of the molecule is CCC1CN(CCCC(c2ccc(F)cc2)c2ccc(F)cc2)CCN1C(N)=O.Cl. The van der Waals surface area contributed by atoms with Gasteiger partial charge in [0.05, 0.1) is 0 Å². The quantitative estimate of drug-likeness (QED) is 0.678. The lowest BCUT2D eigenvalue weighted by Gasteiger charge is -2.40. The molecule has 0 bridgehead atoms. The van der Waals surface area contributed by atoms with Crippen LogP contribution < -0.4 is 5.73 Å². The average Bonchev–Trinajstić information content (AvgIpc) is 2.72. The summed E-state index contributed by atoms with van der Waals surface area (Å²) in [6.45, 7) is 5.30. The van der Waals surface area contributed by atoms with Crippen LogP contribution in [0.3, 0.4) is 0 Å². The van der Waals surface area contributed by atoms with Gasteiger partial charge in [-0.05, 0) is 61.2 Å². The van der Waals surface area contributed by atoms with E-state index in [4.69, 9.17) is 5.73 Å². The fraction of sp³-hybridized carbons (Fsp3) is 0.435. The van der Waals surface area contributed by atoms with E-state index in [1.54, 1.807) is 4.90 Å². The average molecular weight is 438 g/mol. The predicted molar refractivity (Wildman–Crippen MR) is 118 cm³/mol. The Bertz CT molecular complexity index is 756. The molecule has 0 spiro atoms. The molecule has 0 aromatic heterocycles. The van der Waals surface area contributed by atoms with E-state index in [0.29, 0.717) is 6.54 Å². The Morgan fingerprint density at radius 1 is 1.03 bits per heavy atom. The zero-order chi connectivity index (χ0) is 20.8. The first-order chi connectivity index (χ1) is 14.0. The topological polar surface area (TPSA) is 49.6 Å². The number of nitrogens with two attached hydrogens (primary N) is 1. The molecule has 1 atom stereocenters. The summed E-state index contributed by atoms with van der Waals surface area (Å²) < 4.78 is 26.7. The first-order valence-corrected chi connectivity index (χ1v) is 10.3. The maximum absolute atomic E-state index is 13.4. The highest BCUT2D eigenvalue weighted by molar-refractivity contribution is 5.85. The maximum atomic E-state index is 13.4. The Labute approximate surface area is 183 Å². The number of rotatable bonds is 7. The molecule has 0 saturated carbocycles. The van der Waals surface area contributed by atoms with Crippen molar-refractivity contribution in [3.63, 3.8) is 0 Å². The zero-order valence-corrected chi connectivity index (χ0v) is 18.1. The summed E-state index contributed by atoms with van der Waals surface area (Å²) in [7, 11) is 0. The number of halogens is 3. The summed E-state index contributed by atoms with van der Waals surface area (Å²) in [5, 5.41) is 0. The molecule has 2 N–H and O–H groups in total. The third kappa shape index (κ3) is 6.16. The van der Waals surface area contributed by atoms with E-state index in [2.05, 4.69) is 11.8 Å². The van der Waals surface area contributed by atoms with Gasteiger partial charge in [-0.25, -0.2) is 13.6 Å². The van der Waals surface area contributed by atoms with Gasteiger partial charge in [-0.15, -0.1) is 12.4 Å². The fourth-order valence-electron chi connectivity index (χ4n) is 4.20. The smallest absolute Gasteiger partial charge is 0.315 e. The molecule has 2 aromatic carbocycles. The van der Waals surface area contributed by atoms with Gasteiger partial charge in [0.15, 0.2) is 0 Å². The van der Waals surface area contributed by atoms with Crippen molar-refractivity contribution in [2.75, 3.05) is 26.2 Å². The summed E-state index contributed by atoms with van der Waals surface area (Å²) in [5.41, 5.74) is 7.54. The monoisotopic (exact) mass is 437 g/mol. The van der Waals surface area contributed by atoms with Crippen LogP contribution in [0.4, 0.5) is 13.6 Å². The van der Waals surface area contributed by atoms with E-state index >= 15 is 0 Å². The van der Waals surface area contributed by atoms with Gasteiger partial charge in [0.1, 0.15) is 11.6 Å². The summed E-state index contributed by atoms with van der Waals surface area (Å²) >= 11 is 0. The highest BCUT2D eigenvalue weighted by Gasteiger charge is 2.27. The van der Waals surface area contributed by atoms with Gasteiger partial charge in [-0.1, -0.05) is 31.2 Å². The molecule has 30 heavy (non-hydrogen) atoms. The minimum Gasteiger partial charge on any atom is -0.351 e. The molecule has 3 rings (SSSR count). The van der Waals surface area contributed by atoms with Crippen LogP contribution in [0.15, 0.2) is 48.5 Å². The largest absolute Gasteiger partial charge is 0.351 e. The molecule has 4 nitrogen and oxygen atoms in total. The van der Waals surface area contributed by atoms with Gasteiger partial charge >= 0.3 is 6.03 Å². The first kappa shape index (κ1) is 24.1. The van der Waals surface area contributed by atoms with Crippen LogP contribution in [0.5, 0.6) is 0 Å². The van der Waals surface area contributed by atoms with Crippen molar-refractivity contribution < 1.29 is 13.6 Å². The van der Waals surface area contributed by atoms with E-state index < -0.39 is 0 Å². The number of hydrogen-bond donors (Lipinski definition) is 1. The standard InChI is InChI=1S/C23H29F2N3O.ClH/c1-2-21-16-27(14-15-28(21)23(26)29)13-3-4-22(17-5-9-19(24)10-6-17)18-7-11-20(25)12-8-18;/h5-12,21-22H,2-4,13-16H2,1H3,(H2,26,29);1H. The minimum absolute atomic E-state index is 0. The van der Waals surface area contributed by atoms with E-state index in [9.17, 15) is 13.6 Å². The van der Waals surface area contributed by atoms with E-state index in [0.717, 1.165) is 50.0 Å². The molecule has 1 unspecified atom stereocenters. The van der Waals surface area contributed by atoms with Crippen molar-refractivity contribution in [3.8, 4) is 0 Å². The van der Waals surface area contributed by atoms with Crippen LogP contribution in [0, 0.1) is 11.6 Å². The highest BCUT2D eigenvalue weighted by atomic mass is 35.5. The number of primary amides is 1. The van der Waals surface area contributed by atoms with Crippen molar-refractivity contribution in [1.29, 1.82) is 0 Å². The maximum Gasteiger partial charge on any atom is 0.315 e. The molecule has 1 saturated heterocycles. The molecule has 7 heteroatoms. The van der Waals surface area contributed by atoms with Crippen molar-refractivity contribution in [1.82, 2.24) is 9.80 Å². The van der Waals surface area contributed by atoms with Crippen molar-refractivity contribution in [2.24, 2.45) is 5.73 Å². The number of urea groups is 1. The molecule has 2 aromatic rings. The van der Waals surface area contributed by atoms with E-state index in [1.165, 1.54) is 24.3 Å². The fourth-order valence-corrected chi connectivity index (χ4v) is 4.20.